The molecule has 0 unspecified atom stereocenters. The zero-order chi connectivity index (χ0) is 14.9. The number of para-hydroxylation sites is 1. The second kappa shape index (κ2) is 5.64. The molecule has 1 fully saturated rings. The maximum absolute atomic E-state index is 12.8. The van der Waals surface area contributed by atoms with Crippen molar-refractivity contribution >= 4 is 0 Å². The highest BCUT2D eigenvalue weighted by molar-refractivity contribution is 5.44. The van der Waals surface area contributed by atoms with Crippen molar-refractivity contribution in [1.82, 2.24) is 4.90 Å². The minimum Gasteiger partial charge on any atom is -0.507 e. The number of hydrogen-bond acceptors (Lipinski definition) is 2. The highest BCUT2D eigenvalue weighted by Gasteiger charge is 2.36. The molecule has 0 aromatic heterocycles. The summed E-state index contributed by atoms with van der Waals surface area (Å²) in [7, 11) is 0. The molecule has 20 heavy (non-hydrogen) atoms. The molecular weight excluding hydrogens is 267 g/mol. The number of hydrogen-bond donors (Lipinski definition) is 1. The molecule has 1 heterocycles. The van der Waals surface area contributed by atoms with E-state index in [1.165, 1.54) is 6.07 Å². The molecule has 2 rings (SSSR count). The molecule has 5 heteroatoms. The predicted octanol–water partition coefficient (Wildman–Crippen LogP) is 4.00. The van der Waals surface area contributed by atoms with Crippen LogP contribution in [-0.4, -0.2) is 29.1 Å². The zero-order valence-electron chi connectivity index (χ0n) is 11.7. The topological polar surface area (TPSA) is 23.5 Å². The van der Waals surface area contributed by atoms with Gasteiger partial charge in [-0.25, -0.2) is 0 Å². The molecule has 1 aliphatic heterocycles. The largest absolute Gasteiger partial charge is 0.507 e. The Hall–Kier alpha value is -1.23. The van der Waals surface area contributed by atoms with Crippen LogP contribution in [0.3, 0.4) is 0 Å². The van der Waals surface area contributed by atoms with E-state index in [1.54, 1.807) is 6.07 Å². The Morgan fingerprint density at radius 1 is 1.20 bits per heavy atom. The lowest BCUT2D eigenvalue weighted by Gasteiger charge is -2.35. The smallest absolute Gasteiger partial charge is 0.419 e. The molecule has 0 spiro atoms. The number of halogens is 3. The van der Waals surface area contributed by atoms with E-state index in [2.05, 4.69) is 18.7 Å². The van der Waals surface area contributed by atoms with E-state index in [9.17, 15) is 18.3 Å². The summed E-state index contributed by atoms with van der Waals surface area (Å²) >= 11 is 0. The van der Waals surface area contributed by atoms with Gasteiger partial charge in [0.05, 0.1) is 5.56 Å². The summed E-state index contributed by atoms with van der Waals surface area (Å²) in [6.07, 6.45) is -2.93. The van der Waals surface area contributed by atoms with Gasteiger partial charge in [-0.2, -0.15) is 13.2 Å². The first-order chi connectivity index (χ1) is 9.30. The number of likely N-dealkylation sites (tertiary alicyclic amines) is 1. The molecule has 1 aromatic rings. The van der Waals surface area contributed by atoms with Crippen LogP contribution >= 0.6 is 0 Å². The molecule has 0 saturated carbocycles. The quantitative estimate of drug-likeness (QED) is 0.888. The molecule has 1 saturated heterocycles. The van der Waals surface area contributed by atoms with Crippen LogP contribution in [0.25, 0.3) is 0 Å². The molecule has 0 bridgehead atoms. The van der Waals surface area contributed by atoms with Crippen molar-refractivity contribution in [2.45, 2.75) is 44.8 Å². The molecule has 0 atom stereocenters. The number of aromatic hydroxyl groups is 1. The van der Waals surface area contributed by atoms with E-state index in [0.717, 1.165) is 32.0 Å². The van der Waals surface area contributed by atoms with Crippen molar-refractivity contribution in [3.63, 3.8) is 0 Å². The minimum atomic E-state index is -4.50. The fourth-order valence-corrected chi connectivity index (χ4v) is 2.85. The lowest BCUT2D eigenvalue weighted by atomic mass is 9.87. The average Bonchev–Trinajstić information content (AvgIpc) is 2.37. The molecule has 2 nitrogen and oxygen atoms in total. The van der Waals surface area contributed by atoms with Gasteiger partial charge in [0.25, 0.3) is 0 Å². The fraction of sp³-hybridized carbons (Fsp3) is 0.600. The summed E-state index contributed by atoms with van der Waals surface area (Å²) in [5, 5.41) is 9.92. The minimum absolute atomic E-state index is 0.00676. The van der Waals surface area contributed by atoms with Crippen LogP contribution in [0.4, 0.5) is 13.2 Å². The van der Waals surface area contributed by atoms with Gasteiger partial charge in [0.2, 0.25) is 0 Å². The van der Waals surface area contributed by atoms with Gasteiger partial charge >= 0.3 is 6.18 Å². The van der Waals surface area contributed by atoms with E-state index in [4.69, 9.17) is 0 Å². The lowest BCUT2D eigenvalue weighted by Crippen LogP contribution is -2.37. The van der Waals surface area contributed by atoms with Gasteiger partial charge in [0.15, 0.2) is 0 Å². The van der Waals surface area contributed by atoms with Gasteiger partial charge < -0.3 is 10.0 Å². The third-order valence-corrected chi connectivity index (χ3v) is 4.07. The SMILES string of the molecule is CC(C)N1CCC(c2cccc(C(F)(F)F)c2O)CC1. The third-order valence-electron chi connectivity index (χ3n) is 4.07. The first kappa shape index (κ1) is 15.2. The molecule has 0 aliphatic carbocycles. The maximum atomic E-state index is 12.8. The van der Waals surface area contributed by atoms with Crippen molar-refractivity contribution in [1.29, 1.82) is 0 Å². The molecular formula is C15H20F3NO. The van der Waals surface area contributed by atoms with Gasteiger partial charge in [0, 0.05) is 6.04 Å². The van der Waals surface area contributed by atoms with E-state index in [0.29, 0.717) is 11.6 Å². The first-order valence-corrected chi connectivity index (χ1v) is 6.94. The van der Waals surface area contributed by atoms with Gasteiger partial charge in [0.1, 0.15) is 5.75 Å². The van der Waals surface area contributed by atoms with Gasteiger partial charge in [-0.05, 0) is 57.3 Å². The van der Waals surface area contributed by atoms with Crippen molar-refractivity contribution < 1.29 is 18.3 Å². The second-order valence-electron chi connectivity index (χ2n) is 5.65. The number of benzene rings is 1. The Bertz CT molecular complexity index is 463. The molecule has 112 valence electrons. The lowest BCUT2D eigenvalue weighted by molar-refractivity contribution is -0.138. The van der Waals surface area contributed by atoms with Crippen LogP contribution in [-0.2, 0) is 6.18 Å². The van der Waals surface area contributed by atoms with Crippen molar-refractivity contribution in [3.8, 4) is 5.75 Å². The maximum Gasteiger partial charge on any atom is 0.419 e. The predicted molar refractivity (Wildman–Crippen MR) is 71.8 cm³/mol. The van der Waals surface area contributed by atoms with Crippen molar-refractivity contribution in [3.05, 3.63) is 29.3 Å². The third kappa shape index (κ3) is 3.08. The first-order valence-electron chi connectivity index (χ1n) is 6.94. The van der Waals surface area contributed by atoms with Crippen LogP contribution in [0.15, 0.2) is 18.2 Å². The zero-order valence-corrected chi connectivity index (χ0v) is 11.7. The van der Waals surface area contributed by atoms with Crippen LogP contribution in [0.1, 0.15) is 43.7 Å². The van der Waals surface area contributed by atoms with Crippen LogP contribution in [0.5, 0.6) is 5.75 Å². The highest BCUT2D eigenvalue weighted by Crippen LogP contribution is 2.42. The fourth-order valence-electron chi connectivity index (χ4n) is 2.85. The second-order valence-corrected chi connectivity index (χ2v) is 5.65. The molecule has 0 amide bonds. The van der Waals surface area contributed by atoms with Crippen molar-refractivity contribution in [2.75, 3.05) is 13.1 Å². The normalized spacial score (nSPS) is 18.7. The Kier molecular flexibility index (Phi) is 4.28. The van der Waals surface area contributed by atoms with Crippen LogP contribution in [0, 0.1) is 0 Å². The standard InChI is InChI=1S/C15H20F3NO/c1-10(2)19-8-6-11(7-9-19)12-4-3-5-13(14(12)20)15(16,17)18/h3-5,10-11,20H,6-9H2,1-2H3. The summed E-state index contributed by atoms with van der Waals surface area (Å²) < 4.78 is 38.4. The number of alkyl halides is 3. The highest BCUT2D eigenvalue weighted by atomic mass is 19.4. The molecule has 0 radical (unpaired) electrons. The van der Waals surface area contributed by atoms with Crippen molar-refractivity contribution in [2.24, 2.45) is 0 Å². The Labute approximate surface area is 117 Å². The monoisotopic (exact) mass is 287 g/mol. The Morgan fingerprint density at radius 3 is 2.30 bits per heavy atom. The number of phenolic OH excluding ortho intramolecular Hbond substituents is 1. The van der Waals surface area contributed by atoms with Crippen LogP contribution < -0.4 is 0 Å². The Balaban J connectivity index is 2.19. The van der Waals surface area contributed by atoms with E-state index >= 15 is 0 Å². The van der Waals surface area contributed by atoms with Crippen LogP contribution in [0.2, 0.25) is 0 Å². The van der Waals surface area contributed by atoms with E-state index < -0.39 is 17.5 Å². The van der Waals surface area contributed by atoms with Gasteiger partial charge in [-0.15, -0.1) is 0 Å². The van der Waals surface area contributed by atoms with Gasteiger partial charge in [-0.3, -0.25) is 0 Å². The van der Waals surface area contributed by atoms with Gasteiger partial charge in [-0.1, -0.05) is 12.1 Å². The summed E-state index contributed by atoms with van der Waals surface area (Å²) in [4.78, 5) is 2.31. The number of piperidine rings is 1. The summed E-state index contributed by atoms with van der Waals surface area (Å²) in [5.74, 6) is -0.588. The Morgan fingerprint density at radius 2 is 1.80 bits per heavy atom. The summed E-state index contributed by atoms with van der Waals surface area (Å²) in [5.41, 5.74) is -0.496. The van der Waals surface area contributed by atoms with E-state index in [-0.39, 0.29) is 5.92 Å². The molecule has 1 N–H and O–H groups in total. The summed E-state index contributed by atoms with van der Waals surface area (Å²) in [6, 6.07) is 4.38. The summed E-state index contributed by atoms with van der Waals surface area (Å²) in [6.45, 7) is 5.94. The molecule has 1 aliphatic rings. The molecule has 1 aromatic carbocycles. The number of phenols is 1. The van der Waals surface area contributed by atoms with E-state index in [1.807, 2.05) is 0 Å². The number of rotatable bonds is 2. The average molecular weight is 287 g/mol. The number of nitrogens with zero attached hydrogens (tertiary/aromatic N) is 1.